The van der Waals surface area contributed by atoms with Gasteiger partial charge in [0.25, 0.3) is 5.91 Å². The maximum absolute atomic E-state index is 12.6. The lowest BCUT2D eigenvalue weighted by Gasteiger charge is -2.33. The number of thioether (sulfide) groups is 1. The fourth-order valence-electron chi connectivity index (χ4n) is 2.42. The molecule has 0 bridgehead atoms. The molecule has 1 N–H and O–H groups in total. The molecule has 0 spiro atoms. The third kappa shape index (κ3) is 5.07. The summed E-state index contributed by atoms with van der Waals surface area (Å²) in [5, 5.41) is 11.4. The van der Waals surface area contributed by atoms with E-state index in [2.05, 4.69) is 29.4 Å². The van der Waals surface area contributed by atoms with Crippen LogP contribution in [0.1, 0.15) is 13.8 Å². The van der Waals surface area contributed by atoms with Crippen molar-refractivity contribution in [2.75, 3.05) is 28.2 Å². The predicted molar refractivity (Wildman–Crippen MR) is 112 cm³/mol. The summed E-state index contributed by atoms with van der Waals surface area (Å²) in [5.41, 5.74) is 0.308. The number of nitrogens with one attached hydrogen (secondary N) is 1. The van der Waals surface area contributed by atoms with Crippen LogP contribution in [0.3, 0.4) is 0 Å². The topological polar surface area (TPSA) is 101 Å². The van der Waals surface area contributed by atoms with Gasteiger partial charge >= 0.3 is 0 Å². The van der Waals surface area contributed by atoms with Gasteiger partial charge in [0.1, 0.15) is 5.75 Å². The van der Waals surface area contributed by atoms with Crippen molar-refractivity contribution in [2.24, 2.45) is 5.92 Å². The number of rotatable bonds is 6. The Hall–Kier alpha value is -1.56. The number of carbonyl (C=O) groups excluding carboxylic acids is 1. The minimum Gasteiger partial charge on any atom is -0.476 e. The Morgan fingerprint density at radius 3 is 2.89 bits per heavy atom. The average Bonchev–Trinajstić information content (AvgIpc) is 3.05. The van der Waals surface area contributed by atoms with E-state index in [4.69, 9.17) is 16.3 Å². The largest absolute Gasteiger partial charge is 0.476 e. The number of carbonyl (C=O) groups is 1. The molecule has 1 atom stereocenters. The maximum atomic E-state index is 12.6. The molecule has 1 amide bonds. The van der Waals surface area contributed by atoms with Gasteiger partial charge in [-0.1, -0.05) is 48.5 Å². The van der Waals surface area contributed by atoms with E-state index >= 15 is 0 Å². The Morgan fingerprint density at radius 1 is 1.46 bits per heavy atom. The summed E-state index contributed by atoms with van der Waals surface area (Å²) in [7, 11) is -3.62. The highest BCUT2D eigenvalue weighted by Gasteiger charge is 2.35. The van der Waals surface area contributed by atoms with Crippen molar-refractivity contribution in [3.05, 3.63) is 23.2 Å². The molecule has 1 aromatic carbocycles. The van der Waals surface area contributed by atoms with E-state index in [-0.39, 0.29) is 12.3 Å². The van der Waals surface area contributed by atoms with Gasteiger partial charge in [0.2, 0.25) is 15.2 Å². The number of amides is 1. The molecule has 3 rings (SSSR count). The smallest absolute Gasteiger partial charge is 0.269 e. The molecule has 0 saturated carbocycles. The van der Waals surface area contributed by atoms with Crippen LogP contribution in [0.25, 0.3) is 0 Å². The number of fused-ring (bicyclic) bond motifs is 1. The van der Waals surface area contributed by atoms with Gasteiger partial charge < -0.3 is 4.74 Å². The molecule has 12 heteroatoms. The minimum atomic E-state index is -3.62. The van der Waals surface area contributed by atoms with Crippen LogP contribution in [0, 0.1) is 5.92 Å². The highest BCUT2D eigenvalue weighted by molar-refractivity contribution is 8.01. The first kappa shape index (κ1) is 21.2. The third-order valence-electron chi connectivity index (χ3n) is 3.66. The Bertz CT molecular complexity index is 980. The molecule has 0 aliphatic carbocycles. The van der Waals surface area contributed by atoms with E-state index in [1.54, 1.807) is 23.9 Å². The Balaban J connectivity index is 1.75. The van der Waals surface area contributed by atoms with E-state index in [9.17, 15) is 13.2 Å². The molecule has 0 radical (unpaired) electrons. The van der Waals surface area contributed by atoms with E-state index in [0.29, 0.717) is 21.8 Å². The molecule has 8 nitrogen and oxygen atoms in total. The molecule has 0 saturated heterocycles. The zero-order chi connectivity index (χ0) is 20.5. The van der Waals surface area contributed by atoms with Crippen LogP contribution >= 0.6 is 34.7 Å². The lowest BCUT2D eigenvalue weighted by atomic mass is 10.2. The molecular weight excluding hydrogens is 444 g/mol. The van der Waals surface area contributed by atoms with E-state index < -0.39 is 22.0 Å². The fourth-order valence-corrected chi connectivity index (χ4v) is 5.22. The lowest BCUT2D eigenvalue weighted by Crippen LogP contribution is -2.48. The zero-order valence-corrected chi connectivity index (χ0v) is 18.6. The second kappa shape index (κ2) is 8.44. The van der Waals surface area contributed by atoms with Gasteiger partial charge in [0, 0.05) is 10.8 Å². The standard InChI is InChI=1S/C16H19ClN4O4S3/c1-9(2)8-26-16-20-19-15(27-16)18-14(22)13-7-21(28(3,23)24)11-6-10(17)4-5-12(11)25-13/h4-6,9,13H,7-8H2,1-3H3,(H,18,19,22)/t13-/m1/s1. The first-order valence-electron chi connectivity index (χ1n) is 8.34. The molecule has 0 unspecified atom stereocenters. The number of aromatic nitrogens is 2. The van der Waals surface area contributed by atoms with Crippen LogP contribution in [-0.2, 0) is 14.8 Å². The molecule has 28 heavy (non-hydrogen) atoms. The van der Waals surface area contributed by atoms with Crippen LogP contribution in [0.2, 0.25) is 5.02 Å². The number of benzene rings is 1. The van der Waals surface area contributed by atoms with Crippen LogP contribution in [0.5, 0.6) is 5.75 Å². The quantitative estimate of drug-likeness (QED) is 0.519. The number of nitrogens with zero attached hydrogens (tertiary/aromatic N) is 3. The first-order chi connectivity index (χ1) is 13.1. The Kier molecular flexibility index (Phi) is 6.37. The normalized spacial score (nSPS) is 16.6. The number of hydrogen-bond donors (Lipinski definition) is 1. The highest BCUT2D eigenvalue weighted by Crippen LogP contribution is 2.37. The van der Waals surface area contributed by atoms with Gasteiger partial charge in [-0.3, -0.25) is 14.4 Å². The van der Waals surface area contributed by atoms with Gasteiger partial charge in [0.05, 0.1) is 18.5 Å². The van der Waals surface area contributed by atoms with Crippen molar-refractivity contribution in [1.29, 1.82) is 0 Å². The van der Waals surface area contributed by atoms with Crippen LogP contribution in [-0.4, -0.2) is 49.2 Å². The summed E-state index contributed by atoms with van der Waals surface area (Å²) in [6.45, 7) is 4.05. The minimum absolute atomic E-state index is 0.161. The highest BCUT2D eigenvalue weighted by atomic mass is 35.5. The van der Waals surface area contributed by atoms with Crippen molar-refractivity contribution in [3.63, 3.8) is 0 Å². The molecule has 1 aliphatic heterocycles. The van der Waals surface area contributed by atoms with Crippen molar-refractivity contribution in [3.8, 4) is 5.75 Å². The van der Waals surface area contributed by atoms with Gasteiger partial charge in [0.15, 0.2) is 10.4 Å². The molecule has 1 aromatic heterocycles. The molecule has 0 fully saturated rings. The Labute approximate surface area is 176 Å². The monoisotopic (exact) mass is 462 g/mol. The van der Waals surface area contributed by atoms with Gasteiger partial charge in [-0.2, -0.15) is 0 Å². The molecular formula is C16H19ClN4O4S3. The van der Waals surface area contributed by atoms with E-state index in [1.807, 2.05) is 0 Å². The molecule has 152 valence electrons. The fraction of sp³-hybridized carbons (Fsp3) is 0.438. The van der Waals surface area contributed by atoms with Gasteiger partial charge in [-0.25, -0.2) is 8.42 Å². The summed E-state index contributed by atoms with van der Waals surface area (Å²) >= 11 is 8.81. The molecule has 2 aromatic rings. The van der Waals surface area contributed by atoms with E-state index in [1.165, 1.54) is 17.4 Å². The summed E-state index contributed by atoms with van der Waals surface area (Å²) in [6, 6.07) is 4.61. The molecule has 2 heterocycles. The van der Waals surface area contributed by atoms with Gasteiger partial charge in [-0.15, -0.1) is 10.2 Å². The first-order valence-corrected chi connectivity index (χ1v) is 12.4. The second-order valence-electron chi connectivity index (χ2n) is 6.58. The van der Waals surface area contributed by atoms with Gasteiger partial charge in [-0.05, 0) is 24.1 Å². The van der Waals surface area contributed by atoms with Crippen molar-refractivity contribution in [2.45, 2.75) is 24.3 Å². The maximum Gasteiger partial charge on any atom is 0.269 e. The zero-order valence-electron chi connectivity index (χ0n) is 15.4. The predicted octanol–water partition coefficient (Wildman–Crippen LogP) is 3.11. The summed E-state index contributed by atoms with van der Waals surface area (Å²) in [4.78, 5) is 12.6. The molecule has 1 aliphatic rings. The lowest BCUT2D eigenvalue weighted by molar-refractivity contribution is -0.122. The Morgan fingerprint density at radius 2 is 2.21 bits per heavy atom. The summed E-state index contributed by atoms with van der Waals surface area (Å²) in [5.74, 6) is 1.19. The SMILES string of the molecule is CC(C)CSc1nnc(NC(=O)[C@H]2CN(S(C)(=O)=O)c3cc(Cl)ccc3O2)s1. The third-order valence-corrected chi connectivity index (χ3v) is 7.44. The number of halogens is 1. The average molecular weight is 463 g/mol. The summed E-state index contributed by atoms with van der Waals surface area (Å²) in [6.07, 6.45) is 0.0417. The number of anilines is 2. The van der Waals surface area contributed by atoms with Crippen LogP contribution < -0.4 is 14.4 Å². The van der Waals surface area contributed by atoms with Crippen LogP contribution in [0.15, 0.2) is 22.5 Å². The van der Waals surface area contributed by atoms with E-state index in [0.717, 1.165) is 20.7 Å². The van der Waals surface area contributed by atoms with Crippen molar-refractivity contribution in [1.82, 2.24) is 10.2 Å². The second-order valence-corrected chi connectivity index (χ2v) is 11.2. The van der Waals surface area contributed by atoms with Crippen molar-refractivity contribution >= 4 is 61.4 Å². The van der Waals surface area contributed by atoms with Crippen molar-refractivity contribution < 1.29 is 17.9 Å². The number of ether oxygens (including phenoxy) is 1. The number of hydrogen-bond acceptors (Lipinski definition) is 8. The van der Waals surface area contributed by atoms with Crippen LogP contribution in [0.4, 0.5) is 10.8 Å². The number of sulfonamides is 1. The summed E-state index contributed by atoms with van der Waals surface area (Å²) < 4.78 is 32.0.